The van der Waals surface area contributed by atoms with Crippen molar-refractivity contribution in [3.63, 3.8) is 0 Å². The smallest absolute Gasteiger partial charge is 0.0382 e. The molecule has 0 spiro atoms. The third-order valence-corrected chi connectivity index (χ3v) is 6.02. The van der Waals surface area contributed by atoms with Gasteiger partial charge in [-0.15, -0.1) is 11.8 Å². The maximum atomic E-state index is 2.35. The first kappa shape index (κ1) is 12.8. The Labute approximate surface area is 110 Å². The Balaban J connectivity index is 2.20. The summed E-state index contributed by atoms with van der Waals surface area (Å²) in [5.41, 5.74) is 0. The van der Waals surface area contributed by atoms with Crippen molar-refractivity contribution < 1.29 is 0 Å². The summed E-state index contributed by atoms with van der Waals surface area (Å²) in [5, 5.41) is 0. The Hall–Kier alpha value is -0.690. The van der Waals surface area contributed by atoms with E-state index in [1.807, 2.05) is 0 Å². The summed E-state index contributed by atoms with van der Waals surface area (Å²) in [4.78, 5) is 0. The van der Waals surface area contributed by atoms with Crippen LogP contribution in [0, 0.1) is 11.8 Å². The molecule has 0 heterocycles. The molecule has 1 heteroatoms. The van der Waals surface area contributed by atoms with Crippen LogP contribution in [0.25, 0.3) is 0 Å². The average molecular weight is 246 g/mol. The molecule has 0 aromatic rings. The van der Waals surface area contributed by atoms with Crippen LogP contribution in [0.15, 0.2) is 48.6 Å². The Morgan fingerprint density at radius 3 is 1.53 bits per heavy atom. The molecule has 0 radical (unpaired) electrons. The lowest BCUT2D eigenvalue weighted by molar-refractivity contribution is 0.557. The highest BCUT2D eigenvalue weighted by Crippen LogP contribution is 2.49. The van der Waals surface area contributed by atoms with Gasteiger partial charge >= 0.3 is 0 Å². The molecule has 17 heavy (non-hydrogen) atoms. The van der Waals surface area contributed by atoms with E-state index in [2.05, 4.69) is 88.1 Å². The number of hydrogen-bond acceptors (Lipinski definition) is 1. The molecule has 4 atom stereocenters. The monoisotopic (exact) mass is 246 g/mol. The van der Waals surface area contributed by atoms with Crippen molar-refractivity contribution in [1.82, 2.24) is 0 Å². The third kappa shape index (κ3) is 2.44. The minimum absolute atomic E-state index is 0.202. The molecule has 0 bridgehead atoms. The highest BCUT2D eigenvalue weighted by molar-refractivity contribution is 8.02. The molecule has 0 aromatic heterocycles. The maximum Gasteiger partial charge on any atom is 0.0382 e. The molecule has 0 fully saturated rings. The van der Waals surface area contributed by atoms with Gasteiger partial charge in [0.25, 0.3) is 0 Å². The van der Waals surface area contributed by atoms with Gasteiger partial charge in [-0.2, -0.15) is 0 Å². The molecular formula is C16H22S. The van der Waals surface area contributed by atoms with E-state index in [0.29, 0.717) is 11.8 Å². The molecule has 0 aliphatic heterocycles. The Morgan fingerprint density at radius 2 is 1.18 bits per heavy atom. The molecule has 0 N–H and O–H groups in total. The van der Waals surface area contributed by atoms with Crippen molar-refractivity contribution >= 4 is 11.8 Å². The average Bonchev–Trinajstić information content (AvgIpc) is 2.27. The Bertz CT molecular complexity index is 364. The molecule has 0 amide bonds. The van der Waals surface area contributed by atoms with Crippen molar-refractivity contribution in [3.05, 3.63) is 48.6 Å². The second kappa shape index (κ2) is 4.53. The van der Waals surface area contributed by atoms with Gasteiger partial charge in [0.05, 0.1) is 0 Å². The highest BCUT2D eigenvalue weighted by atomic mass is 32.2. The highest BCUT2D eigenvalue weighted by Gasteiger charge is 2.39. The number of rotatable bonds is 2. The predicted molar refractivity (Wildman–Crippen MR) is 79.3 cm³/mol. The van der Waals surface area contributed by atoms with Crippen LogP contribution >= 0.6 is 11.8 Å². The molecule has 0 saturated heterocycles. The van der Waals surface area contributed by atoms with E-state index in [1.165, 1.54) is 0 Å². The summed E-state index contributed by atoms with van der Waals surface area (Å²) in [7, 11) is 0. The van der Waals surface area contributed by atoms with Gasteiger partial charge in [-0.1, -0.05) is 62.5 Å². The van der Waals surface area contributed by atoms with Gasteiger partial charge in [0.2, 0.25) is 0 Å². The summed E-state index contributed by atoms with van der Waals surface area (Å²) in [6.07, 6.45) is 18.0. The lowest BCUT2D eigenvalue weighted by Crippen LogP contribution is -2.37. The zero-order valence-corrected chi connectivity index (χ0v) is 12.0. The van der Waals surface area contributed by atoms with Crippen LogP contribution < -0.4 is 0 Å². The first-order valence-electron chi connectivity index (χ1n) is 6.38. The summed E-state index contributed by atoms with van der Waals surface area (Å²) >= 11 is 2.09. The maximum absolute atomic E-state index is 2.35. The predicted octanol–water partition coefficient (Wildman–Crippen LogP) is 4.76. The molecular weight excluding hydrogens is 224 g/mol. The SMILES string of the molecule is CC1C=CC=CC1(C)SC1(C)C=CC=CC1C. The van der Waals surface area contributed by atoms with Crippen LogP contribution in [-0.2, 0) is 0 Å². The van der Waals surface area contributed by atoms with Crippen molar-refractivity contribution in [1.29, 1.82) is 0 Å². The Kier molecular flexibility index (Phi) is 3.40. The number of allylic oxidation sites excluding steroid dienone is 6. The summed E-state index contributed by atoms with van der Waals surface area (Å²) < 4.78 is 0.403. The largest absolute Gasteiger partial charge is 0.139 e. The van der Waals surface area contributed by atoms with Crippen molar-refractivity contribution in [2.75, 3.05) is 0 Å². The molecule has 2 aliphatic carbocycles. The molecule has 0 aromatic carbocycles. The zero-order chi connectivity index (χ0) is 12.5. The zero-order valence-electron chi connectivity index (χ0n) is 11.2. The van der Waals surface area contributed by atoms with Crippen molar-refractivity contribution in [3.8, 4) is 0 Å². The van der Waals surface area contributed by atoms with Gasteiger partial charge in [-0.25, -0.2) is 0 Å². The molecule has 0 nitrogen and oxygen atoms in total. The minimum Gasteiger partial charge on any atom is -0.139 e. The first-order chi connectivity index (χ1) is 7.96. The lowest BCUT2D eigenvalue weighted by atomic mass is 9.89. The van der Waals surface area contributed by atoms with Crippen LogP contribution in [0.2, 0.25) is 0 Å². The van der Waals surface area contributed by atoms with Crippen molar-refractivity contribution in [2.24, 2.45) is 11.8 Å². The van der Waals surface area contributed by atoms with Crippen LogP contribution in [0.5, 0.6) is 0 Å². The van der Waals surface area contributed by atoms with Gasteiger partial charge in [-0.3, -0.25) is 0 Å². The summed E-state index contributed by atoms with van der Waals surface area (Å²) in [6.45, 7) is 9.33. The van der Waals surface area contributed by atoms with Gasteiger partial charge in [-0.05, 0) is 25.7 Å². The van der Waals surface area contributed by atoms with E-state index in [-0.39, 0.29) is 9.49 Å². The lowest BCUT2D eigenvalue weighted by Gasteiger charge is -2.42. The number of hydrogen-bond donors (Lipinski definition) is 0. The van der Waals surface area contributed by atoms with Crippen LogP contribution in [-0.4, -0.2) is 9.49 Å². The molecule has 0 saturated carbocycles. The second-order valence-electron chi connectivity index (χ2n) is 5.54. The van der Waals surface area contributed by atoms with E-state index >= 15 is 0 Å². The minimum atomic E-state index is 0.202. The van der Waals surface area contributed by atoms with E-state index in [4.69, 9.17) is 0 Å². The van der Waals surface area contributed by atoms with Crippen LogP contribution in [0.3, 0.4) is 0 Å². The fourth-order valence-electron chi connectivity index (χ4n) is 2.37. The van der Waals surface area contributed by atoms with Gasteiger partial charge in [0.15, 0.2) is 0 Å². The molecule has 2 aliphatic rings. The van der Waals surface area contributed by atoms with E-state index < -0.39 is 0 Å². The van der Waals surface area contributed by atoms with Gasteiger partial charge in [0, 0.05) is 9.49 Å². The normalized spacial score (nSPS) is 44.2. The first-order valence-corrected chi connectivity index (χ1v) is 7.20. The van der Waals surface area contributed by atoms with Crippen molar-refractivity contribution in [2.45, 2.75) is 37.2 Å². The summed E-state index contributed by atoms with van der Waals surface area (Å²) in [6, 6.07) is 0. The topological polar surface area (TPSA) is 0 Å². The Morgan fingerprint density at radius 1 is 0.765 bits per heavy atom. The van der Waals surface area contributed by atoms with Gasteiger partial charge in [0.1, 0.15) is 0 Å². The fraction of sp³-hybridized carbons (Fsp3) is 0.500. The number of thioether (sulfide) groups is 1. The second-order valence-corrected chi connectivity index (χ2v) is 7.50. The van der Waals surface area contributed by atoms with E-state index in [1.54, 1.807) is 0 Å². The van der Waals surface area contributed by atoms with Crippen LogP contribution in [0.4, 0.5) is 0 Å². The molecule has 4 unspecified atom stereocenters. The third-order valence-electron chi connectivity index (χ3n) is 4.12. The quantitative estimate of drug-likeness (QED) is 0.677. The standard InChI is InChI=1S/C16H22S/c1-13-9-5-7-11-15(13,3)17-16(4)12-8-6-10-14(16)2/h5-14H,1-4H3. The molecule has 2 rings (SSSR count). The van der Waals surface area contributed by atoms with E-state index in [9.17, 15) is 0 Å². The van der Waals surface area contributed by atoms with Crippen LogP contribution in [0.1, 0.15) is 27.7 Å². The molecule has 92 valence electrons. The van der Waals surface area contributed by atoms with E-state index in [0.717, 1.165) is 0 Å². The fourth-order valence-corrected chi connectivity index (χ4v) is 4.14. The van der Waals surface area contributed by atoms with Gasteiger partial charge < -0.3 is 0 Å². The summed E-state index contributed by atoms with van der Waals surface area (Å²) in [5.74, 6) is 1.17.